The normalized spacial score (nSPS) is 16.8. The van der Waals surface area contributed by atoms with E-state index in [1.807, 2.05) is 11.8 Å². The summed E-state index contributed by atoms with van der Waals surface area (Å²) >= 11 is 1.61. The molecule has 0 spiro atoms. The number of benzene rings is 1. The molecule has 0 atom stereocenters. The molecule has 0 bridgehead atoms. The van der Waals surface area contributed by atoms with Crippen LogP contribution < -0.4 is 10.1 Å². The highest BCUT2D eigenvalue weighted by Crippen LogP contribution is 2.40. The minimum absolute atomic E-state index is 0.0798. The second kappa shape index (κ2) is 7.23. The molecule has 10 heteroatoms. The molecule has 1 saturated carbocycles. The van der Waals surface area contributed by atoms with Gasteiger partial charge in [-0.3, -0.25) is 9.20 Å². The van der Waals surface area contributed by atoms with Crippen LogP contribution in [0.3, 0.4) is 0 Å². The fourth-order valence-corrected chi connectivity index (χ4v) is 5.92. The number of hydrogen-bond acceptors (Lipinski definition) is 7. The summed E-state index contributed by atoms with van der Waals surface area (Å²) in [5.74, 6) is 0.884. The minimum atomic E-state index is -0.273. The van der Waals surface area contributed by atoms with Gasteiger partial charge in [0.25, 0.3) is 5.91 Å². The lowest BCUT2D eigenvalue weighted by Crippen LogP contribution is -2.34. The van der Waals surface area contributed by atoms with Crippen LogP contribution in [0.2, 0.25) is 0 Å². The van der Waals surface area contributed by atoms with E-state index in [9.17, 15) is 9.18 Å². The van der Waals surface area contributed by atoms with Crippen LogP contribution >= 0.6 is 11.3 Å². The van der Waals surface area contributed by atoms with Crippen LogP contribution in [-0.4, -0.2) is 42.8 Å². The van der Waals surface area contributed by atoms with E-state index in [2.05, 4.69) is 15.3 Å². The second-order valence-corrected chi connectivity index (χ2v) is 10.1. The van der Waals surface area contributed by atoms with E-state index in [-0.39, 0.29) is 24.3 Å². The van der Waals surface area contributed by atoms with Crippen molar-refractivity contribution < 1.29 is 13.9 Å². The standard InChI is InChI=1S/C24H21FN6O2S/c1-12-29-18-10-30(13-2-3-13)23(32)20-21-16(22(18)34-12)9-27-24(31(21)11-28-20)26-8-15-14-6-7-33-19(14)5-4-17(15)25/h4-5,9,11,13H,2-3,6-8,10H2,1H3,(H,26,27). The predicted octanol–water partition coefficient (Wildman–Crippen LogP) is 3.97. The maximum absolute atomic E-state index is 14.6. The predicted molar refractivity (Wildman–Crippen MR) is 125 cm³/mol. The largest absolute Gasteiger partial charge is 0.493 e. The number of nitrogens with zero attached hydrogens (tertiary/aromatic N) is 5. The van der Waals surface area contributed by atoms with Crippen LogP contribution in [0.5, 0.6) is 5.75 Å². The zero-order chi connectivity index (χ0) is 23.0. The third-order valence-corrected chi connectivity index (χ3v) is 7.80. The number of thiazole rings is 1. The van der Waals surface area contributed by atoms with Gasteiger partial charge in [-0.1, -0.05) is 0 Å². The number of aryl methyl sites for hydroxylation is 1. The van der Waals surface area contributed by atoms with Gasteiger partial charge in [-0.15, -0.1) is 11.3 Å². The van der Waals surface area contributed by atoms with Crippen molar-refractivity contribution in [2.24, 2.45) is 0 Å². The molecule has 34 heavy (non-hydrogen) atoms. The van der Waals surface area contributed by atoms with E-state index < -0.39 is 0 Å². The van der Waals surface area contributed by atoms with Gasteiger partial charge in [0.15, 0.2) is 5.69 Å². The van der Waals surface area contributed by atoms with Gasteiger partial charge in [0.05, 0.1) is 34.2 Å². The fraction of sp³-hybridized carbons (Fsp3) is 0.333. The maximum atomic E-state index is 14.6. The summed E-state index contributed by atoms with van der Waals surface area (Å²) in [4.78, 5) is 30.3. The molecular weight excluding hydrogens is 455 g/mol. The Bertz CT molecular complexity index is 1490. The summed E-state index contributed by atoms with van der Waals surface area (Å²) in [5, 5.41) is 4.22. The topological polar surface area (TPSA) is 84.6 Å². The number of aromatic nitrogens is 4. The molecule has 4 aromatic rings. The van der Waals surface area contributed by atoms with Crippen molar-refractivity contribution >= 4 is 28.7 Å². The van der Waals surface area contributed by atoms with Crippen LogP contribution in [0.1, 0.15) is 45.2 Å². The van der Waals surface area contributed by atoms with E-state index in [1.165, 1.54) is 6.07 Å². The van der Waals surface area contributed by atoms with Crippen molar-refractivity contribution in [1.82, 2.24) is 24.3 Å². The number of anilines is 1. The SMILES string of the molecule is Cc1nc2c(s1)-c1cnc(NCc3c(F)ccc4c3CCO4)n3cnc(c13)C(=O)N(C1CC1)C2. The molecule has 5 heterocycles. The van der Waals surface area contributed by atoms with Gasteiger partial charge in [0, 0.05) is 41.9 Å². The molecule has 0 unspecified atom stereocenters. The quantitative estimate of drug-likeness (QED) is 0.480. The van der Waals surface area contributed by atoms with E-state index in [0.29, 0.717) is 42.3 Å². The van der Waals surface area contributed by atoms with Crippen molar-refractivity contribution in [3.63, 3.8) is 0 Å². The summed E-state index contributed by atoms with van der Waals surface area (Å²) in [7, 11) is 0. The first-order valence-corrected chi connectivity index (χ1v) is 12.2. The van der Waals surface area contributed by atoms with E-state index in [0.717, 1.165) is 45.3 Å². The molecule has 1 fully saturated rings. The maximum Gasteiger partial charge on any atom is 0.275 e. The van der Waals surface area contributed by atoms with Crippen LogP contribution in [0.4, 0.5) is 10.3 Å². The lowest BCUT2D eigenvalue weighted by molar-refractivity contribution is 0.0724. The molecule has 8 nitrogen and oxygen atoms in total. The minimum Gasteiger partial charge on any atom is -0.493 e. The van der Waals surface area contributed by atoms with E-state index in [4.69, 9.17) is 9.72 Å². The first-order valence-electron chi connectivity index (χ1n) is 11.4. The molecule has 3 aliphatic rings. The van der Waals surface area contributed by atoms with Crippen molar-refractivity contribution in [1.29, 1.82) is 0 Å². The Morgan fingerprint density at radius 2 is 2.18 bits per heavy atom. The van der Waals surface area contributed by atoms with Gasteiger partial charge in [-0.25, -0.2) is 19.3 Å². The van der Waals surface area contributed by atoms with Crippen molar-refractivity contribution in [3.05, 3.63) is 58.0 Å². The monoisotopic (exact) mass is 476 g/mol. The summed E-state index contributed by atoms with van der Waals surface area (Å²) in [6, 6.07) is 3.36. The van der Waals surface area contributed by atoms with E-state index in [1.54, 1.807) is 34.3 Å². The number of hydrogen-bond donors (Lipinski definition) is 1. The van der Waals surface area contributed by atoms with Crippen LogP contribution in [0, 0.1) is 12.7 Å². The highest BCUT2D eigenvalue weighted by molar-refractivity contribution is 7.15. The number of nitrogens with one attached hydrogen (secondary N) is 1. The molecule has 172 valence electrons. The molecule has 0 saturated heterocycles. The number of amides is 1. The number of imidazole rings is 1. The van der Waals surface area contributed by atoms with Gasteiger partial charge >= 0.3 is 0 Å². The highest BCUT2D eigenvalue weighted by atomic mass is 32.1. The van der Waals surface area contributed by atoms with Gasteiger partial charge < -0.3 is 15.0 Å². The fourth-order valence-electron chi connectivity index (χ4n) is 4.98. The summed E-state index contributed by atoms with van der Waals surface area (Å²) in [6.45, 7) is 3.28. The van der Waals surface area contributed by atoms with Crippen LogP contribution in [0.25, 0.3) is 16.0 Å². The summed E-state index contributed by atoms with van der Waals surface area (Å²) in [6.07, 6.45) is 6.09. The van der Waals surface area contributed by atoms with Crippen LogP contribution in [-0.2, 0) is 19.5 Å². The van der Waals surface area contributed by atoms with Gasteiger partial charge in [-0.2, -0.15) is 0 Å². The molecule has 1 aliphatic carbocycles. The Morgan fingerprint density at radius 1 is 1.29 bits per heavy atom. The molecule has 1 amide bonds. The Kier molecular flexibility index (Phi) is 4.23. The zero-order valence-corrected chi connectivity index (χ0v) is 19.3. The third kappa shape index (κ3) is 2.94. The van der Waals surface area contributed by atoms with E-state index >= 15 is 0 Å². The number of fused-ring (bicyclic) bond motifs is 3. The average Bonchev–Trinajstić information content (AvgIpc) is 3.22. The van der Waals surface area contributed by atoms with Gasteiger partial charge in [-0.05, 0) is 31.9 Å². The number of rotatable bonds is 4. The molecule has 0 radical (unpaired) electrons. The smallest absolute Gasteiger partial charge is 0.275 e. The Labute approximate surface area is 198 Å². The van der Waals surface area contributed by atoms with Gasteiger partial charge in [0.2, 0.25) is 5.95 Å². The zero-order valence-electron chi connectivity index (χ0n) is 18.5. The summed E-state index contributed by atoms with van der Waals surface area (Å²) in [5.41, 5.74) is 4.35. The summed E-state index contributed by atoms with van der Waals surface area (Å²) < 4.78 is 22.0. The second-order valence-electron chi connectivity index (χ2n) is 8.93. The first kappa shape index (κ1) is 19.9. The lowest BCUT2D eigenvalue weighted by atomic mass is 10.0. The van der Waals surface area contributed by atoms with Crippen LogP contribution in [0.15, 0.2) is 24.7 Å². The average molecular weight is 477 g/mol. The molecule has 7 rings (SSSR count). The molecule has 3 aromatic heterocycles. The van der Waals surface area contributed by atoms with Crippen molar-refractivity contribution in [2.75, 3.05) is 11.9 Å². The molecule has 1 aromatic carbocycles. The Morgan fingerprint density at radius 3 is 3.03 bits per heavy atom. The Balaban J connectivity index is 1.34. The highest BCUT2D eigenvalue weighted by Gasteiger charge is 2.38. The van der Waals surface area contributed by atoms with Gasteiger partial charge in [0.1, 0.15) is 17.9 Å². The third-order valence-electron chi connectivity index (χ3n) is 6.75. The van der Waals surface area contributed by atoms with Crippen molar-refractivity contribution in [2.45, 2.75) is 45.3 Å². The molecule has 1 N–H and O–H groups in total. The first-order chi connectivity index (χ1) is 16.6. The number of carbonyl (C=O) groups is 1. The Hall–Kier alpha value is -3.53. The number of ether oxygens (including phenoxy) is 1. The lowest BCUT2D eigenvalue weighted by Gasteiger charge is -2.23. The molecule has 2 aliphatic heterocycles. The molecular formula is C24H21FN6O2S. The number of carbonyl (C=O) groups excluding carboxylic acids is 1. The number of halogens is 1. The van der Waals surface area contributed by atoms with Crippen molar-refractivity contribution in [3.8, 4) is 16.2 Å².